The maximum absolute atomic E-state index is 13.8. The van der Waals surface area contributed by atoms with Crippen LogP contribution < -0.4 is 5.32 Å². The average molecular weight is 478 g/mol. The summed E-state index contributed by atoms with van der Waals surface area (Å²) in [6.07, 6.45) is 5.60. The Hall–Kier alpha value is -2.24. The van der Waals surface area contributed by atoms with Gasteiger partial charge in [-0.3, -0.25) is 0 Å². The number of carbonyl (C=O) groups is 3. The molecule has 1 amide bonds. The van der Waals surface area contributed by atoms with Crippen molar-refractivity contribution in [2.75, 3.05) is 24.8 Å². The van der Waals surface area contributed by atoms with Crippen molar-refractivity contribution in [2.45, 2.75) is 51.4 Å². The molecule has 1 aromatic heterocycles. The van der Waals surface area contributed by atoms with Crippen molar-refractivity contribution in [3.8, 4) is 0 Å². The molecule has 0 radical (unpaired) electrons. The van der Waals surface area contributed by atoms with Crippen LogP contribution in [0.1, 0.15) is 53.4 Å². The number of amides is 1. The molecule has 32 heavy (non-hydrogen) atoms. The van der Waals surface area contributed by atoms with Gasteiger partial charge in [0.2, 0.25) is 0 Å². The second kappa shape index (κ2) is 10.1. The molecule has 8 heteroatoms. The second-order valence-electron chi connectivity index (χ2n) is 8.59. The van der Waals surface area contributed by atoms with Crippen molar-refractivity contribution in [3.05, 3.63) is 51.7 Å². The van der Waals surface area contributed by atoms with Gasteiger partial charge in [0.1, 0.15) is 0 Å². The van der Waals surface area contributed by atoms with Gasteiger partial charge in [-0.25, -0.2) is 0 Å². The molecule has 0 aliphatic carbocycles. The molecule has 2 aromatic rings. The van der Waals surface area contributed by atoms with Crippen molar-refractivity contribution in [1.82, 2.24) is 0 Å². The van der Waals surface area contributed by atoms with Crippen molar-refractivity contribution in [2.24, 2.45) is 0 Å². The normalized spacial score (nSPS) is 19.0. The third-order valence-electron chi connectivity index (χ3n) is 6.69. The van der Waals surface area contributed by atoms with Crippen molar-refractivity contribution in [1.29, 1.82) is 0 Å². The van der Waals surface area contributed by atoms with Gasteiger partial charge in [-0.2, -0.15) is 0 Å². The van der Waals surface area contributed by atoms with E-state index in [-0.39, 0.29) is 5.91 Å². The number of thiophene rings is 1. The first-order valence-electron chi connectivity index (χ1n) is 11.0. The van der Waals surface area contributed by atoms with Crippen molar-refractivity contribution >= 4 is 42.2 Å². The first-order valence-corrected chi connectivity index (χ1v) is 14.7. The van der Waals surface area contributed by atoms with Crippen LogP contribution in [0.4, 0.5) is 5.69 Å². The predicted octanol–water partition coefficient (Wildman–Crippen LogP) is 5.59. The Kier molecular flexibility index (Phi) is 7.73. The Morgan fingerprint density at radius 2 is 1.88 bits per heavy atom. The Morgan fingerprint density at radius 1 is 1.19 bits per heavy atom. The van der Waals surface area contributed by atoms with Crippen LogP contribution in [0.5, 0.6) is 0 Å². The molecule has 0 bridgehead atoms. The number of hydrogen-bond acceptors (Lipinski definition) is 6. The third kappa shape index (κ3) is 4.60. The third-order valence-corrected chi connectivity index (χ3v) is 14.5. The summed E-state index contributed by atoms with van der Waals surface area (Å²) in [5.74, 6) is -0.657. The molecule has 0 saturated carbocycles. The van der Waals surface area contributed by atoms with E-state index in [1.165, 1.54) is 18.4 Å². The molecule has 2 heterocycles. The van der Waals surface area contributed by atoms with E-state index in [0.29, 0.717) is 29.6 Å². The Labute approximate surface area is 193 Å². The van der Waals surface area contributed by atoms with Gasteiger partial charge in [-0.15, -0.1) is 0 Å². The first kappa shape index (κ1) is 24.4. The molecule has 0 spiro atoms. The van der Waals surface area contributed by atoms with Gasteiger partial charge >= 0.3 is 194 Å². The quantitative estimate of drug-likeness (QED) is 0.289. The number of ether oxygens (including phenoxy) is 1. The number of aryl methyl sites for hydroxylation is 1. The zero-order chi connectivity index (χ0) is 23.2. The molecule has 174 valence electrons. The molecule has 1 N–H and O–H groups in total. The van der Waals surface area contributed by atoms with E-state index >= 15 is 0 Å². The van der Waals surface area contributed by atoms with Crippen LogP contribution in [-0.4, -0.2) is 43.4 Å². The van der Waals surface area contributed by atoms with E-state index in [9.17, 15) is 14.4 Å². The van der Waals surface area contributed by atoms with E-state index in [1.54, 1.807) is 0 Å². The molecule has 1 unspecified atom stereocenters. The summed E-state index contributed by atoms with van der Waals surface area (Å²) in [6, 6.07) is 10.0. The average Bonchev–Trinajstić information content (AvgIpc) is 3.15. The number of anilines is 1. The van der Waals surface area contributed by atoms with Gasteiger partial charge < -0.3 is 0 Å². The fourth-order valence-corrected chi connectivity index (χ4v) is 12.8. The Morgan fingerprint density at radius 3 is 2.47 bits per heavy atom. The molecule has 1 saturated heterocycles. The van der Waals surface area contributed by atoms with Crippen LogP contribution in [0.15, 0.2) is 35.7 Å². The second-order valence-corrected chi connectivity index (χ2v) is 14.9. The van der Waals surface area contributed by atoms with E-state index in [4.69, 9.17) is 9.26 Å². The molecule has 1 aliphatic heterocycles. The standard InChI is InChI=1S/C24H32NO5PS/c1-4-20(23(27)25-21-18(2)16-32-22(21)24(28)29-3)31(30-17-26,13-9-6-10-14-31)15-19-11-7-5-8-12-19/h5,7-8,11-12,16-17,20H,4,6,9-10,13-15H2,1-3H3,(H,25,27). The summed E-state index contributed by atoms with van der Waals surface area (Å²) in [7, 11) is 1.33. The number of benzene rings is 1. The van der Waals surface area contributed by atoms with Gasteiger partial charge in [0.15, 0.2) is 0 Å². The van der Waals surface area contributed by atoms with Crippen LogP contribution in [0.2, 0.25) is 0 Å². The Bertz CT molecular complexity index is 968. The fourth-order valence-electron chi connectivity index (χ4n) is 5.20. The van der Waals surface area contributed by atoms with E-state index in [0.717, 1.165) is 42.7 Å². The number of methoxy groups -OCH3 is 1. The molecule has 1 aliphatic rings. The topological polar surface area (TPSA) is 81.7 Å². The maximum atomic E-state index is 13.8. The van der Waals surface area contributed by atoms with Crippen LogP contribution in [-0.2, 0) is 25.0 Å². The van der Waals surface area contributed by atoms with Crippen molar-refractivity contribution in [3.63, 3.8) is 0 Å². The molecule has 6 nitrogen and oxygen atoms in total. The number of esters is 1. The number of carbonyl (C=O) groups excluding carboxylic acids is 3. The summed E-state index contributed by atoms with van der Waals surface area (Å²) in [4.78, 5) is 38.3. The molecule has 1 aromatic carbocycles. The summed E-state index contributed by atoms with van der Waals surface area (Å²) in [5.41, 5.74) is 1.94. The van der Waals surface area contributed by atoms with Crippen molar-refractivity contribution < 1.29 is 23.6 Å². The molecular weight excluding hydrogens is 445 g/mol. The monoisotopic (exact) mass is 477 g/mol. The first-order chi connectivity index (χ1) is 15.4. The van der Waals surface area contributed by atoms with Crippen LogP contribution in [0.3, 0.4) is 0 Å². The SMILES string of the molecule is CCC(C(=O)Nc1c(C)csc1C(=O)OC)P1(Cc2ccccc2)(OC=O)CCCCC1. The predicted molar refractivity (Wildman–Crippen MR) is 131 cm³/mol. The molecule has 3 rings (SSSR count). The number of nitrogens with one attached hydrogen (secondary N) is 1. The summed E-state index contributed by atoms with van der Waals surface area (Å²) in [6.45, 7) is 1.13. The van der Waals surface area contributed by atoms with E-state index < -0.39 is 18.5 Å². The summed E-state index contributed by atoms with van der Waals surface area (Å²) in [5, 5.41) is 4.85. The number of hydrogen-bond donors (Lipinski definition) is 1. The van der Waals surface area contributed by atoms with Crippen LogP contribution >= 0.6 is 18.2 Å². The molecule has 1 atom stereocenters. The van der Waals surface area contributed by atoms with Crippen LogP contribution in [0.25, 0.3) is 0 Å². The Balaban J connectivity index is 2.05. The molecule has 1 fully saturated rings. The zero-order valence-corrected chi connectivity index (χ0v) is 20.7. The van der Waals surface area contributed by atoms with E-state index in [2.05, 4.69) is 5.32 Å². The zero-order valence-electron chi connectivity index (χ0n) is 19.0. The molecular formula is C24H32NO5PS. The fraction of sp³-hybridized carbons (Fsp3) is 0.458. The van der Waals surface area contributed by atoms with Crippen LogP contribution in [0, 0.1) is 6.92 Å². The minimum atomic E-state index is -3.27. The van der Waals surface area contributed by atoms with Gasteiger partial charge in [0.25, 0.3) is 0 Å². The minimum absolute atomic E-state index is 0.184. The van der Waals surface area contributed by atoms with Gasteiger partial charge in [0, 0.05) is 0 Å². The van der Waals surface area contributed by atoms with E-state index in [1.807, 2.05) is 49.6 Å². The van der Waals surface area contributed by atoms with Gasteiger partial charge in [0.05, 0.1) is 0 Å². The van der Waals surface area contributed by atoms with Gasteiger partial charge in [-0.05, 0) is 0 Å². The summed E-state index contributed by atoms with van der Waals surface area (Å²) < 4.78 is 11.1. The summed E-state index contributed by atoms with van der Waals surface area (Å²) >= 11 is 1.25. The van der Waals surface area contributed by atoms with Gasteiger partial charge in [-0.1, -0.05) is 0 Å². The number of rotatable bonds is 9.